The lowest BCUT2D eigenvalue weighted by molar-refractivity contribution is 0.0746. The molecular formula is C16H18N6O3. The first kappa shape index (κ1) is 15.7. The summed E-state index contributed by atoms with van der Waals surface area (Å²) in [6, 6.07) is 5.28. The van der Waals surface area contributed by atoms with E-state index in [0.29, 0.717) is 36.5 Å². The summed E-state index contributed by atoms with van der Waals surface area (Å²) in [5.74, 6) is -0.113. The highest BCUT2D eigenvalue weighted by Crippen LogP contribution is 2.20. The van der Waals surface area contributed by atoms with Crippen molar-refractivity contribution in [3.63, 3.8) is 0 Å². The number of carbonyl (C=O) groups is 1. The number of fused-ring (bicyclic) bond motifs is 2. The van der Waals surface area contributed by atoms with Crippen molar-refractivity contribution in [3.8, 4) is 0 Å². The second kappa shape index (κ2) is 6.26. The Morgan fingerprint density at radius 1 is 1.36 bits per heavy atom. The van der Waals surface area contributed by atoms with Crippen LogP contribution in [0.5, 0.6) is 0 Å². The van der Waals surface area contributed by atoms with E-state index < -0.39 is 6.10 Å². The fraction of sp³-hybridized carbons (Fsp3) is 0.375. The quantitative estimate of drug-likeness (QED) is 0.693. The van der Waals surface area contributed by atoms with E-state index in [4.69, 9.17) is 5.11 Å². The van der Waals surface area contributed by atoms with Crippen molar-refractivity contribution in [2.24, 2.45) is 0 Å². The van der Waals surface area contributed by atoms with E-state index in [1.165, 1.54) is 0 Å². The summed E-state index contributed by atoms with van der Waals surface area (Å²) in [5.41, 5.74) is 2.29. The third-order valence-corrected chi connectivity index (χ3v) is 4.39. The van der Waals surface area contributed by atoms with Gasteiger partial charge in [-0.15, -0.1) is 10.2 Å². The first-order chi connectivity index (χ1) is 12.2. The fourth-order valence-corrected chi connectivity index (χ4v) is 3.10. The normalized spacial score (nSPS) is 15.8. The number of pyridine rings is 1. The lowest BCUT2D eigenvalue weighted by atomic mass is 10.2. The van der Waals surface area contributed by atoms with Crippen molar-refractivity contribution < 1.29 is 15.0 Å². The molecule has 0 unspecified atom stereocenters. The zero-order valence-corrected chi connectivity index (χ0v) is 13.5. The average molecular weight is 342 g/mol. The number of aliphatic hydroxyl groups is 2. The SMILES string of the molecule is O=C(c1cccn2cnnc12)N1CCCn2nc([C@@H](O)CO)cc2C1. The van der Waals surface area contributed by atoms with Crippen molar-refractivity contribution in [2.75, 3.05) is 13.2 Å². The van der Waals surface area contributed by atoms with E-state index >= 15 is 0 Å². The van der Waals surface area contributed by atoms with Crippen LogP contribution in [-0.2, 0) is 13.1 Å². The third-order valence-electron chi connectivity index (χ3n) is 4.39. The Kier molecular flexibility index (Phi) is 3.94. The second-order valence-corrected chi connectivity index (χ2v) is 6.05. The molecule has 3 aromatic heterocycles. The number of aliphatic hydroxyl groups excluding tert-OH is 2. The molecule has 0 aromatic carbocycles. The molecule has 0 spiro atoms. The van der Waals surface area contributed by atoms with Gasteiger partial charge in [0.15, 0.2) is 5.65 Å². The highest BCUT2D eigenvalue weighted by molar-refractivity contribution is 5.99. The summed E-state index contributed by atoms with van der Waals surface area (Å²) >= 11 is 0. The van der Waals surface area contributed by atoms with Crippen LogP contribution in [0.1, 0.15) is 34.3 Å². The molecule has 4 rings (SSSR count). The molecule has 0 aliphatic carbocycles. The summed E-state index contributed by atoms with van der Waals surface area (Å²) in [5, 5.41) is 31.1. The molecule has 9 heteroatoms. The number of hydrogen-bond acceptors (Lipinski definition) is 6. The van der Waals surface area contributed by atoms with Gasteiger partial charge < -0.3 is 15.1 Å². The van der Waals surface area contributed by atoms with Crippen LogP contribution in [0.25, 0.3) is 5.65 Å². The average Bonchev–Trinajstić information content (AvgIpc) is 3.22. The van der Waals surface area contributed by atoms with Gasteiger partial charge in [-0.25, -0.2) is 0 Å². The van der Waals surface area contributed by atoms with E-state index in [2.05, 4.69) is 15.3 Å². The van der Waals surface area contributed by atoms with Crippen LogP contribution in [0.15, 0.2) is 30.7 Å². The zero-order valence-electron chi connectivity index (χ0n) is 13.5. The molecule has 3 aromatic rings. The third kappa shape index (κ3) is 2.77. The minimum absolute atomic E-state index is 0.113. The van der Waals surface area contributed by atoms with E-state index in [0.717, 1.165) is 12.1 Å². The van der Waals surface area contributed by atoms with Gasteiger partial charge in [-0.1, -0.05) is 0 Å². The number of nitrogens with zero attached hydrogens (tertiary/aromatic N) is 6. The number of aromatic nitrogens is 5. The fourth-order valence-electron chi connectivity index (χ4n) is 3.10. The summed E-state index contributed by atoms with van der Waals surface area (Å²) in [4.78, 5) is 14.7. The van der Waals surface area contributed by atoms with Crippen LogP contribution >= 0.6 is 0 Å². The monoisotopic (exact) mass is 342 g/mol. The van der Waals surface area contributed by atoms with Gasteiger partial charge in [-0.3, -0.25) is 13.9 Å². The smallest absolute Gasteiger partial charge is 0.258 e. The Bertz CT molecular complexity index is 918. The van der Waals surface area contributed by atoms with Crippen LogP contribution < -0.4 is 0 Å². The van der Waals surface area contributed by atoms with Crippen LogP contribution in [0.4, 0.5) is 0 Å². The predicted molar refractivity (Wildman–Crippen MR) is 86.6 cm³/mol. The summed E-state index contributed by atoms with van der Waals surface area (Å²) in [7, 11) is 0. The van der Waals surface area contributed by atoms with Crippen molar-refractivity contribution in [1.29, 1.82) is 0 Å². The predicted octanol–water partition coefficient (Wildman–Crippen LogP) is -0.00240. The van der Waals surface area contributed by atoms with Crippen LogP contribution in [-0.4, -0.2) is 58.6 Å². The molecule has 0 saturated carbocycles. The van der Waals surface area contributed by atoms with Crippen molar-refractivity contribution >= 4 is 11.6 Å². The molecule has 0 bridgehead atoms. The Morgan fingerprint density at radius 2 is 2.24 bits per heavy atom. The van der Waals surface area contributed by atoms with Gasteiger partial charge in [0.25, 0.3) is 5.91 Å². The molecule has 0 radical (unpaired) electrons. The Morgan fingerprint density at radius 3 is 3.08 bits per heavy atom. The molecule has 0 saturated heterocycles. The summed E-state index contributed by atoms with van der Waals surface area (Å²) in [6.45, 7) is 1.27. The molecule has 25 heavy (non-hydrogen) atoms. The Hall–Kier alpha value is -2.78. The highest BCUT2D eigenvalue weighted by atomic mass is 16.3. The minimum atomic E-state index is -1.01. The molecular weight excluding hydrogens is 324 g/mol. The van der Waals surface area contributed by atoms with Crippen molar-refractivity contribution in [3.05, 3.63) is 47.7 Å². The van der Waals surface area contributed by atoms with Crippen molar-refractivity contribution in [2.45, 2.75) is 25.6 Å². The number of carbonyl (C=O) groups excluding carboxylic acids is 1. The molecule has 2 N–H and O–H groups in total. The lowest BCUT2D eigenvalue weighted by Crippen LogP contribution is -2.31. The Labute approximate surface area is 143 Å². The van der Waals surface area contributed by atoms with Gasteiger partial charge in [0.2, 0.25) is 0 Å². The maximum absolute atomic E-state index is 13.0. The second-order valence-electron chi connectivity index (χ2n) is 6.05. The van der Waals surface area contributed by atoms with E-state index in [1.54, 1.807) is 44.7 Å². The molecule has 1 aliphatic rings. The zero-order chi connectivity index (χ0) is 17.4. The van der Waals surface area contributed by atoms with Gasteiger partial charge in [0, 0.05) is 19.3 Å². The van der Waals surface area contributed by atoms with Gasteiger partial charge in [-0.05, 0) is 24.6 Å². The standard InChI is InChI=1S/C16H18N6O3/c23-9-14(24)13-7-11-8-20(5-2-6-22(11)19-13)16(25)12-3-1-4-21-10-17-18-15(12)21/h1,3-4,7,10,14,23-24H,2,5-6,8-9H2/t14-/m0/s1. The number of hydrogen-bond donors (Lipinski definition) is 2. The number of aryl methyl sites for hydroxylation is 1. The van der Waals surface area contributed by atoms with Crippen molar-refractivity contribution in [1.82, 2.24) is 29.3 Å². The van der Waals surface area contributed by atoms with E-state index in [-0.39, 0.29) is 12.5 Å². The molecule has 1 atom stereocenters. The first-order valence-corrected chi connectivity index (χ1v) is 8.10. The van der Waals surface area contributed by atoms with E-state index in [9.17, 15) is 9.90 Å². The van der Waals surface area contributed by atoms with Gasteiger partial charge in [0.1, 0.15) is 12.4 Å². The maximum atomic E-state index is 13.0. The number of rotatable bonds is 3. The topological polar surface area (TPSA) is 109 Å². The first-order valence-electron chi connectivity index (χ1n) is 8.10. The summed E-state index contributed by atoms with van der Waals surface area (Å²) in [6.07, 6.45) is 3.11. The lowest BCUT2D eigenvalue weighted by Gasteiger charge is -2.20. The largest absolute Gasteiger partial charge is 0.393 e. The molecule has 4 heterocycles. The molecule has 1 aliphatic heterocycles. The molecule has 9 nitrogen and oxygen atoms in total. The van der Waals surface area contributed by atoms with E-state index in [1.807, 2.05) is 0 Å². The van der Waals surface area contributed by atoms with Crippen LogP contribution in [0.3, 0.4) is 0 Å². The van der Waals surface area contributed by atoms with Gasteiger partial charge in [0.05, 0.1) is 30.1 Å². The minimum Gasteiger partial charge on any atom is -0.393 e. The number of amides is 1. The Balaban J connectivity index is 1.64. The maximum Gasteiger partial charge on any atom is 0.258 e. The van der Waals surface area contributed by atoms with Gasteiger partial charge in [-0.2, -0.15) is 5.10 Å². The van der Waals surface area contributed by atoms with Crippen LogP contribution in [0.2, 0.25) is 0 Å². The van der Waals surface area contributed by atoms with Gasteiger partial charge >= 0.3 is 0 Å². The molecule has 0 fully saturated rings. The summed E-state index contributed by atoms with van der Waals surface area (Å²) < 4.78 is 3.50. The van der Waals surface area contributed by atoms with Crippen LogP contribution in [0, 0.1) is 0 Å². The highest BCUT2D eigenvalue weighted by Gasteiger charge is 2.24. The molecule has 130 valence electrons. The molecule has 1 amide bonds.